The average molecular weight is 218 g/mol. The lowest BCUT2D eigenvalue weighted by molar-refractivity contribution is -0.122. The Morgan fingerprint density at radius 3 is 2.75 bits per heavy atom. The minimum Gasteiger partial charge on any atom is -0.354 e. The summed E-state index contributed by atoms with van der Waals surface area (Å²) in [6, 6.07) is 9.54. The maximum Gasteiger partial charge on any atom is 0.237 e. The highest BCUT2D eigenvalue weighted by molar-refractivity contribution is 5.81. The molecule has 16 heavy (non-hydrogen) atoms. The van der Waals surface area contributed by atoms with Gasteiger partial charge in [0.15, 0.2) is 0 Å². The van der Waals surface area contributed by atoms with Gasteiger partial charge in [-0.1, -0.05) is 36.4 Å². The van der Waals surface area contributed by atoms with Crippen LogP contribution >= 0.6 is 0 Å². The average Bonchev–Trinajstić information content (AvgIpc) is 2.30. The molecule has 1 aromatic carbocycles. The van der Waals surface area contributed by atoms with E-state index in [1.54, 1.807) is 6.08 Å². The number of carbonyl (C=O) groups is 1. The third kappa shape index (κ3) is 4.28. The lowest BCUT2D eigenvalue weighted by atomic mass is 10.1. The summed E-state index contributed by atoms with van der Waals surface area (Å²) < 4.78 is 0. The molecule has 0 spiro atoms. The van der Waals surface area contributed by atoms with Crippen LogP contribution in [0, 0.1) is 0 Å². The minimum absolute atomic E-state index is 0.115. The third-order valence-electron chi connectivity index (χ3n) is 2.31. The Labute approximate surface area is 96.3 Å². The van der Waals surface area contributed by atoms with E-state index in [1.165, 1.54) is 5.56 Å². The quantitative estimate of drug-likeness (QED) is 0.706. The highest BCUT2D eigenvalue weighted by Crippen LogP contribution is 1.98. The molecule has 1 rings (SSSR count). The molecule has 1 amide bonds. The van der Waals surface area contributed by atoms with Crippen molar-refractivity contribution in [1.82, 2.24) is 5.32 Å². The van der Waals surface area contributed by atoms with Crippen LogP contribution in [0.4, 0.5) is 0 Å². The van der Waals surface area contributed by atoms with Crippen LogP contribution in [-0.2, 0) is 11.2 Å². The van der Waals surface area contributed by atoms with Gasteiger partial charge in [-0.3, -0.25) is 4.79 Å². The Bertz CT molecular complexity index is 335. The molecule has 0 saturated carbocycles. The molecule has 0 aromatic heterocycles. The molecular formula is C13H18N2O. The van der Waals surface area contributed by atoms with Gasteiger partial charge in [0.1, 0.15) is 0 Å². The lowest BCUT2D eigenvalue weighted by Crippen LogP contribution is -2.40. The van der Waals surface area contributed by atoms with Crippen molar-refractivity contribution < 1.29 is 4.79 Å². The number of benzene rings is 1. The van der Waals surface area contributed by atoms with Gasteiger partial charge in [-0.05, 0) is 18.4 Å². The van der Waals surface area contributed by atoms with E-state index in [-0.39, 0.29) is 5.91 Å². The molecule has 3 nitrogen and oxygen atoms in total. The van der Waals surface area contributed by atoms with Crippen LogP contribution in [0.3, 0.4) is 0 Å². The summed E-state index contributed by atoms with van der Waals surface area (Å²) in [6.07, 6.45) is 2.99. The minimum atomic E-state index is -0.478. The zero-order valence-electron chi connectivity index (χ0n) is 9.36. The molecular weight excluding hydrogens is 200 g/mol. The standard InChI is InChI=1S/C13H18N2O/c1-2-6-12(14)13(16)15-10-9-11-7-4-3-5-8-11/h2-5,7-8,12H,1,6,9-10,14H2,(H,15,16). The van der Waals surface area contributed by atoms with Crippen molar-refractivity contribution in [1.29, 1.82) is 0 Å². The van der Waals surface area contributed by atoms with Crippen molar-refractivity contribution in [2.45, 2.75) is 18.9 Å². The summed E-state index contributed by atoms with van der Waals surface area (Å²) in [5.41, 5.74) is 6.83. The molecule has 1 unspecified atom stereocenters. The van der Waals surface area contributed by atoms with E-state index in [0.29, 0.717) is 13.0 Å². The summed E-state index contributed by atoms with van der Waals surface area (Å²) in [5, 5.41) is 2.80. The monoisotopic (exact) mass is 218 g/mol. The van der Waals surface area contributed by atoms with Crippen LogP contribution in [0.15, 0.2) is 43.0 Å². The van der Waals surface area contributed by atoms with Gasteiger partial charge in [0, 0.05) is 6.54 Å². The summed E-state index contributed by atoms with van der Waals surface area (Å²) in [6.45, 7) is 4.17. The first-order valence-electron chi connectivity index (χ1n) is 5.42. The van der Waals surface area contributed by atoms with Gasteiger partial charge < -0.3 is 11.1 Å². The molecule has 0 fully saturated rings. The van der Waals surface area contributed by atoms with Crippen LogP contribution in [0.25, 0.3) is 0 Å². The zero-order valence-corrected chi connectivity index (χ0v) is 9.36. The first-order valence-corrected chi connectivity index (χ1v) is 5.42. The fourth-order valence-electron chi connectivity index (χ4n) is 1.39. The second-order valence-corrected chi connectivity index (χ2v) is 3.66. The van der Waals surface area contributed by atoms with Crippen molar-refractivity contribution in [2.24, 2.45) is 5.73 Å². The topological polar surface area (TPSA) is 55.1 Å². The van der Waals surface area contributed by atoms with Crippen LogP contribution in [0.1, 0.15) is 12.0 Å². The summed E-state index contributed by atoms with van der Waals surface area (Å²) in [5.74, 6) is -0.115. The first-order chi connectivity index (χ1) is 7.74. The Morgan fingerprint density at radius 2 is 2.12 bits per heavy atom. The van der Waals surface area contributed by atoms with Gasteiger partial charge in [-0.15, -0.1) is 6.58 Å². The third-order valence-corrected chi connectivity index (χ3v) is 2.31. The summed E-state index contributed by atoms with van der Waals surface area (Å²) in [4.78, 5) is 11.4. The van der Waals surface area contributed by atoms with E-state index in [0.717, 1.165) is 6.42 Å². The second-order valence-electron chi connectivity index (χ2n) is 3.66. The Morgan fingerprint density at radius 1 is 1.44 bits per heavy atom. The van der Waals surface area contributed by atoms with Crippen LogP contribution in [0.5, 0.6) is 0 Å². The first kappa shape index (κ1) is 12.5. The van der Waals surface area contributed by atoms with Crippen molar-refractivity contribution >= 4 is 5.91 Å². The molecule has 3 N–H and O–H groups in total. The van der Waals surface area contributed by atoms with Gasteiger partial charge >= 0.3 is 0 Å². The van der Waals surface area contributed by atoms with E-state index < -0.39 is 6.04 Å². The van der Waals surface area contributed by atoms with E-state index >= 15 is 0 Å². The Balaban J connectivity index is 2.25. The van der Waals surface area contributed by atoms with Gasteiger partial charge in [0.05, 0.1) is 6.04 Å². The highest BCUT2D eigenvalue weighted by atomic mass is 16.2. The second kappa shape index (κ2) is 6.80. The smallest absolute Gasteiger partial charge is 0.237 e. The number of amides is 1. The molecule has 0 radical (unpaired) electrons. The number of hydrogen-bond donors (Lipinski definition) is 2. The molecule has 86 valence electrons. The van der Waals surface area contributed by atoms with Crippen molar-refractivity contribution in [3.8, 4) is 0 Å². The zero-order chi connectivity index (χ0) is 11.8. The van der Waals surface area contributed by atoms with Crippen LogP contribution < -0.4 is 11.1 Å². The molecule has 1 aromatic rings. The van der Waals surface area contributed by atoms with Crippen molar-refractivity contribution in [2.75, 3.05) is 6.54 Å². The number of nitrogens with two attached hydrogens (primary N) is 1. The predicted molar refractivity (Wildman–Crippen MR) is 65.9 cm³/mol. The highest BCUT2D eigenvalue weighted by Gasteiger charge is 2.09. The maximum absolute atomic E-state index is 11.4. The van der Waals surface area contributed by atoms with Gasteiger partial charge in [0.25, 0.3) is 0 Å². The van der Waals surface area contributed by atoms with Gasteiger partial charge in [-0.2, -0.15) is 0 Å². The summed E-state index contributed by atoms with van der Waals surface area (Å²) >= 11 is 0. The normalized spacial score (nSPS) is 11.8. The largest absolute Gasteiger partial charge is 0.354 e. The summed E-state index contributed by atoms with van der Waals surface area (Å²) in [7, 11) is 0. The molecule has 0 bridgehead atoms. The van der Waals surface area contributed by atoms with E-state index in [1.807, 2.05) is 30.3 Å². The molecule has 0 aliphatic heterocycles. The number of carbonyl (C=O) groups excluding carboxylic acids is 1. The van der Waals surface area contributed by atoms with E-state index in [4.69, 9.17) is 5.73 Å². The molecule has 1 atom stereocenters. The van der Waals surface area contributed by atoms with Gasteiger partial charge in [-0.25, -0.2) is 0 Å². The molecule has 3 heteroatoms. The number of nitrogens with one attached hydrogen (secondary N) is 1. The molecule has 0 saturated heterocycles. The fraction of sp³-hybridized carbons (Fsp3) is 0.308. The van der Waals surface area contributed by atoms with Crippen molar-refractivity contribution in [3.63, 3.8) is 0 Å². The van der Waals surface area contributed by atoms with Crippen LogP contribution in [-0.4, -0.2) is 18.5 Å². The maximum atomic E-state index is 11.4. The lowest BCUT2D eigenvalue weighted by Gasteiger charge is -2.10. The van der Waals surface area contributed by atoms with Gasteiger partial charge in [0.2, 0.25) is 5.91 Å². The van der Waals surface area contributed by atoms with E-state index in [9.17, 15) is 4.79 Å². The number of rotatable bonds is 6. The van der Waals surface area contributed by atoms with Crippen molar-refractivity contribution in [3.05, 3.63) is 48.6 Å². The Kier molecular flexibility index (Phi) is 5.29. The SMILES string of the molecule is C=CCC(N)C(=O)NCCc1ccccc1. The fourth-order valence-corrected chi connectivity index (χ4v) is 1.39. The predicted octanol–water partition coefficient (Wildman–Crippen LogP) is 1.25. The number of hydrogen-bond acceptors (Lipinski definition) is 2. The molecule has 0 aliphatic rings. The molecule has 0 heterocycles. The van der Waals surface area contributed by atoms with E-state index in [2.05, 4.69) is 11.9 Å². The van der Waals surface area contributed by atoms with Crippen LogP contribution in [0.2, 0.25) is 0 Å². The molecule has 0 aliphatic carbocycles. The Hall–Kier alpha value is -1.61.